The average Bonchev–Trinajstić information content (AvgIpc) is 2.56. The van der Waals surface area contributed by atoms with Crippen molar-refractivity contribution in [3.05, 3.63) is 5.32 Å². The summed E-state index contributed by atoms with van der Waals surface area (Å²) in [4.78, 5) is 4.84. The molecule has 0 amide bonds. The van der Waals surface area contributed by atoms with Crippen LogP contribution in [0.3, 0.4) is 0 Å². The van der Waals surface area contributed by atoms with Crippen molar-refractivity contribution in [1.82, 2.24) is 9.80 Å². The van der Waals surface area contributed by atoms with Gasteiger partial charge >= 0.3 is 52.5 Å². The summed E-state index contributed by atoms with van der Waals surface area (Å²) in [6, 6.07) is 0. The van der Waals surface area contributed by atoms with Crippen LogP contribution in [-0.4, -0.2) is 77.4 Å². The van der Waals surface area contributed by atoms with Gasteiger partial charge in [0, 0.05) is 0 Å². The summed E-state index contributed by atoms with van der Waals surface area (Å²) in [7, 11) is 0. The van der Waals surface area contributed by atoms with Gasteiger partial charge in [0.15, 0.2) is 0 Å². The maximum absolute atomic E-state index is 4.56. The SMILES string of the molecule is CCN(CC)CC[N-]CCN(CC)CC.CC[CH2][Al+][CH2]CC. The van der Waals surface area contributed by atoms with Crippen molar-refractivity contribution < 1.29 is 0 Å². The Bertz CT molecular complexity index is 165. The van der Waals surface area contributed by atoms with Crippen LogP contribution in [0.25, 0.3) is 5.32 Å². The summed E-state index contributed by atoms with van der Waals surface area (Å²) in [5, 5.41) is 7.58. The monoisotopic (exact) mass is 327 g/mol. The minimum absolute atomic E-state index is 0.822. The Labute approximate surface area is 147 Å². The van der Waals surface area contributed by atoms with Gasteiger partial charge in [0.1, 0.15) is 0 Å². The van der Waals surface area contributed by atoms with Crippen molar-refractivity contribution in [3.63, 3.8) is 0 Å². The standard InChI is InChI=1S/C12H28N3.2C3H7.Al/c1-5-14(6-2)11-9-13-10-12-15(7-3)8-4;2*1-3-2;/h5-12H2,1-4H3;2*1,3H2,2H3;/q-1;;;+1. The van der Waals surface area contributed by atoms with E-state index in [1.54, 1.807) is 0 Å². The zero-order chi connectivity index (χ0) is 17.1. The topological polar surface area (TPSA) is 20.6 Å². The first-order valence-corrected chi connectivity index (χ1v) is 11.2. The van der Waals surface area contributed by atoms with E-state index in [2.05, 4.69) is 56.7 Å². The first-order chi connectivity index (χ1) is 10.7. The third-order valence-corrected chi connectivity index (χ3v) is 5.89. The molecule has 0 spiro atoms. The van der Waals surface area contributed by atoms with E-state index in [1.165, 1.54) is 23.4 Å². The van der Waals surface area contributed by atoms with Crippen molar-refractivity contribution in [2.75, 3.05) is 52.4 Å². The molecule has 0 atom stereocenters. The predicted molar refractivity (Wildman–Crippen MR) is 105 cm³/mol. The van der Waals surface area contributed by atoms with Crippen molar-refractivity contribution in [3.8, 4) is 0 Å². The Morgan fingerprint density at radius 2 is 1.00 bits per heavy atom. The predicted octanol–water partition coefficient (Wildman–Crippen LogP) is 4.39. The van der Waals surface area contributed by atoms with Crippen LogP contribution in [0.2, 0.25) is 10.6 Å². The molecule has 0 saturated carbocycles. The molecule has 0 N–H and O–H groups in total. The van der Waals surface area contributed by atoms with E-state index in [-0.39, 0.29) is 0 Å². The van der Waals surface area contributed by atoms with E-state index in [0.717, 1.165) is 67.6 Å². The molecule has 0 rings (SSSR count). The Kier molecular flexibility index (Phi) is 24.0. The van der Waals surface area contributed by atoms with Gasteiger partial charge in [-0.15, -0.1) is 13.1 Å². The Morgan fingerprint density at radius 3 is 1.27 bits per heavy atom. The molecule has 0 aromatic carbocycles. The molecule has 0 saturated heterocycles. The van der Waals surface area contributed by atoms with Gasteiger partial charge in [-0.05, 0) is 39.3 Å². The molecule has 3 nitrogen and oxygen atoms in total. The van der Waals surface area contributed by atoms with Gasteiger partial charge in [-0.3, -0.25) is 0 Å². The number of rotatable bonds is 14. The van der Waals surface area contributed by atoms with Gasteiger partial charge in [-0.25, -0.2) is 0 Å². The molecule has 132 valence electrons. The minimum atomic E-state index is 0.822. The van der Waals surface area contributed by atoms with Crippen molar-refractivity contribution in [1.29, 1.82) is 0 Å². The molecule has 22 heavy (non-hydrogen) atoms. The summed E-state index contributed by atoms with van der Waals surface area (Å²) in [5.41, 5.74) is 0. The fraction of sp³-hybridized carbons (Fsp3) is 1.00. The van der Waals surface area contributed by atoms with Crippen molar-refractivity contribution in [2.45, 2.75) is 64.9 Å². The normalized spacial score (nSPS) is 10.5. The first kappa shape index (κ1) is 24.7. The molecular formula is C18H42AlN3. The Morgan fingerprint density at radius 1 is 0.636 bits per heavy atom. The van der Waals surface area contributed by atoms with Gasteiger partial charge in [-0.1, -0.05) is 27.7 Å². The summed E-state index contributed by atoms with van der Waals surface area (Å²) < 4.78 is 0. The van der Waals surface area contributed by atoms with Gasteiger partial charge in [0.25, 0.3) is 0 Å². The van der Waals surface area contributed by atoms with E-state index < -0.39 is 0 Å². The average molecular weight is 328 g/mol. The van der Waals surface area contributed by atoms with Crippen molar-refractivity contribution >= 4 is 15.2 Å². The van der Waals surface area contributed by atoms with Crippen LogP contribution in [0, 0.1) is 0 Å². The summed E-state index contributed by atoms with van der Waals surface area (Å²) in [6.07, 6.45) is 2.80. The molecule has 4 heteroatoms. The first-order valence-electron chi connectivity index (χ1n) is 9.59. The van der Waals surface area contributed by atoms with Crippen LogP contribution in [0.15, 0.2) is 0 Å². The van der Waals surface area contributed by atoms with Gasteiger partial charge in [0.2, 0.25) is 0 Å². The number of hydrogen-bond donors (Lipinski definition) is 0. The van der Waals surface area contributed by atoms with Gasteiger partial charge in [0.05, 0.1) is 0 Å². The fourth-order valence-corrected chi connectivity index (χ4v) is 3.27. The van der Waals surface area contributed by atoms with Crippen LogP contribution >= 0.6 is 0 Å². The number of likely N-dealkylation sites (N-methyl/N-ethyl adjacent to an activating group) is 2. The van der Waals surface area contributed by atoms with E-state index in [1.807, 2.05) is 0 Å². The summed E-state index contributed by atoms with van der Waals surface area (Å²) in [6.45, 7) is 22.1. The third-order valence-electron chi connectivity index (χ3n) is 3.92. The molecule has 0 aromatic heterocycles. The van der Waals surface area contributed by atoms with E-state index in [4.69, 9.17) is 0 Å². The molecule has 0 heterocycles. The second-order valence-corrected chi connectivity index (χ2v) is 7.32. The van der Waals surface area contributed by atoms with E-state index >= 15 is 0 Å². The molecule has 0 fully saturated rings. The second kappa shape index (κ2) is 21.4. The zero-order valence-corrected chi connectivity index (χ0v) is 17.6. The molecule has 0 aliphatic carbocycles. The molecular weight excluding hydrogens is 285 g/mol. The van der Waals surface area contributed by atoms with E-state index in [9.17, 15) is 0 Å². The number of hydrogen-bond acceptors (Lipinski definition) is 2. The van der Waals surface area contributed by atoms with Crippen LogP contribution < -0.4 is 0 Å². The third kappa shape index (κ3) is 18.5. The molecule has 0 aliphatic rings. The van der Waals surface area contributed by atoms with Gasteiger partial charge < -0.3 is 15.1 Å². The van der Waals surface area contributed by atoms with Gasteiger partial charge in [-0.2, -0.15) is 0 Å². The Hall–Kier alpha value is 0.412. The quantitative estimate of drug-likeness (QED) is 0.348. The number of nitrogens with zero attached hydrogens (tertiary/aromatic N) is 3. The molecule has 0 unspecified atom stereocenters. The van der Waals surface area contributed by atoms with Crippen LogP contribution in [0.4, 0.5) is 0 Å². The van der Waals surface area contributed by atoms with Crippen LogP contribution in [0.5, 0.6) is 0 Å². The van der Waals surface area contributed by atoms with Crippen LogP contribution in [0.1, 0.15) is 54.4 Å². The maximum atomic E-state index is 4.56. The van der Waals surface area contributed by atoms with Crippen LogP contribution in [-0.2, 0) is 0 Å². The second-order valence-electron chi connectivity index (χ2n) is 5.59. The summed E-state index contributed by atoms with van der Waals surface area (Å²) >= 11 is 0.822. The zero-order valence-electron chi connectivity index (χ0n) is 16.4. The Balaban J connectivity index is 0. The van der Waals surface area contributed by atoms with Crippen molar-refractivity contribution in [2.24, 2.45) is 0 Å². The molecule has 0 aliphatic heterocycles. The summed E-state index contributed by atoms with van der Waals surface area (Å²) in [5.74, 6) is 0. The molecule has 0 aromatic rings. The fourth-order valence-electron chi connectivity index (χ4n) is 2.17. The van der Waals surface area contributed by atoms with E-state index in [0.29, 0.717) is 0 Å². The molecule has 0 bridgehead atoms. The molecule has 0 radical (unpaired) electrons.